The van der Waals surface area contributed by atoms with E-state index in [1.807, 2.05) is 32.5 Å². The molecule has 5 N–H and O–H groups in total. The van der Waals surface area contributed by atoms with E-state index in [9.17, 15) is 24.0 Å². The maximum Gasteiger partial charge on any atom is 0.254 e. The van der Waals surface area contributed by atoms with Gasteiger partial charge in [0.25, 0.3) is 5.91 Å². The van der Waals surface area contributed by atoms with Crippen LogP contribution in [0.1, 0.15) is 159 Å². The van der Waals surface area contributed by atoms with Crippen LogP contribution in [0.25, 0.3) is 16.9 Å². The molecule has 0 radical (unpaired) electrons. The van der Waals surface area contributed by atoms with Crippen LogP contribution in [0, 0.1) is 11.7 Å². The van der Waals surface area contributed by atoms with Crippen molar-refractivity contribution in [2.45, 2.75) is 134 Å². The highest BCUT2D eigenvalue weighted by Gasteiger charge is 2.40. The van der Waals surface area contributed by atoms with Crippen LogP contribution < -0.4 is 26.0 Å². The van der Waals surface area contributed by atoms with E-state index in [0.29, 0.717) is 80.3 Å². The molecule has 2 aliphatic heterocycles. The van der Waals surface area contributed by atoms with E-state index >= 15 is 4.39 Å². The lowest BCUT2D eigenvalue weighted by atomic mass is 9.83. The van der Waals surface area contributed by atoms with E-state index in [1.54, 1.807) is 67.1 Å². The second kappa shape index (κ2) is 27.1. The fourth-order valence-electron chi connectivity index (χ4n) is 11.4. The summed E-state index contributed by atoms with van der Waals surface area (Å²) in [5, 5.41) is 21.7. The number of ketones is 1. The molecule has 19 nitrogen and oxygen atoms in total. The van der Waals surface area contributed by atoms with Crippen LogP contribution in [0.3, 0.4) is 0 Å². The fourth-order valence-corrected chi connectivity index (χ4v) is 12.3. The number of anilines is 2. The molecule has 81 heavy (non-hydrogen) atoms. The molecule has 2 saturated carbocycles. The average Bonchev–Trinajstić information content (AvgIpc) is 4.19. The maximum atomic E-state index is 15.7. The Balaban J connectivity index is 0.584. The van der Waals surface area contributed by atoms with Gasteiger partial charge in [-0.05, 0) is 102 Å². The van der Waals surface area contributed by atoms with Gasteiger partial charge in [0.05, 0.1) is 54.7 Å². The fraction of sp³-hybridized carbons (Fsp3) is 0.517. The largest absolute Gasteiger partial charge is 0.494 e. The predicted octanol–water partition coefficient (Wildman–Crippen LogP) is 8.59. The highest BCUT2D eigenvalue weighted by Crippen LogP contribution is 2.41. The summed E-state index contributed by atoms with van der Waals surface area (Å²) >= 11 is 1.41. The Morgan fingerprint density at radius 3 is 2.40 bits per heavy atom. The molecule has 2 aliphatic carbocycles. The summed E-state index contributed by atoms with van der Waals surface area (Å²) < 4.78 is 23.7. The number of amides is 4. The zero-order valence-corrected chi connectivity index (χ0v) is 47.4. The highest BCUT2D eigenvalue weighted by atomic mass is 32.1. The number of piperazine rings is 1. The van der Waals surface area contributed by atoms with E-state index < -0.39 is 17.9 Å². The number of H-pyrrole nitrogens is 1. The molecule has 4 aromatic heterocycles. The molecule has 6 heterocycles. The second-order valence-corrected chi connectivity index (χ2v) is 23.1. The number of aromatic amines is 1. The average molecular weight is 1130 g/mol. The van der Waals surface area contributed by atoms with Gasteiger partial charge in [-0.1, -0.05) is 63.5 Å². The van der Waals surface area contributed by atoms with Crippen molar-refractivity contribution in [1.29, 1.82) is 0 Å². The number of nitrogens with zero attached hydrogens (tertiary/aromatic N) is 8. The first-order valence-electron chi connectivity index (χ1n) is 29.2. The highest BCUT2D eigenvalue weighted by molar-refractivity contribution is 7.10. The molecule has 0 spiro atoms. The summed E-state index contributed by atoms with van der Waals surface area (Å²) in [7, 11) is 1.74. The van der Waals surface area contributed by atoms with Crippen molar-refractivity contribution in [3.63, 3.8) is 0 Å². The molecule has 6 aromatic rings. The van der Waals surface area contributed by atoms with Gasteiger partial charge in [-0.2, -0.15) is 5.10 Å². The van der Waals surface area contributed by atoms with Gasteiger partial charge in [0.1, 0.15) is 28.3 Å². The van der Waals surface area contributed by atoms with E-state index in [1.165, 1.54) is 17.4 Å². The lowest BCUT2D eigenvalue weighted by Gasteiger charge is -2.35. The number of rotatable bonds is 26. The number of thiazole rings is 1. The molecule has 21 heteroatoms. The summed E-state index contributed by atoms with van der Waals surface area (Å²) in [4.78, 5) is 87.1. The summed E-state index contributed by atoms with van der Waals surface area (Å²) in [6, 6.07) is 10.5. The number of carbonyl (C=O) groups excluding carboxylic acids is 5. The van der Waals surface area contributed by atoms with Crippen molar-refractivity contribution < 1.29 is 33.1 Å². The van der Waals surface area contributed by atoms with Crippen molar-refractivity contribution in [1.82, 2.24) is 60.2 Å². The van der Waals surface area contributed by atoms with Crippen LogP contribution in [0.5, 0.6) is 5.75 Å². The number of hydrogen-bond donors (Lipinski definition) is 5. The van der Waals surface area contributed by atoms with Gasteiger partial charge in [-0.3, -0.25) is 38.4 Å². The number of hydrogen-bond acceptors (Lipinski definition) is 14. The minimum absolute atomic E-state index is 0.0299. The lowest BCUT2D eigenvalue weighted by Crippen LogP contribution is -2.55. The van der Waals surface area contributed by atoms with Crippen molar-refractivity contribution in [3.8, 4) is 17.0 Å². The van der Waals surface area contributed by atoms with Crippen LogP contribution in [0.4, 0.5) is 15.9 Å². The van der Waals surface area contributed by atoms with Crippen LogP contribution in [0.15, 0.2) is 72.6 Å². The Kier molecular flexibility index (Phi) is 19.1. The van der Waals surface area contributed by atoms with Gasteiger partial charge in [-0.15, -0.1) is 11.3 Å². The third kappa shape index (κ3) is 14.3. The van der Waals surface area contributed by atoms with Crippen molar-refractivity contribution in [3.05, 3.63) is 106 Å². The standard InChI is InChI=1S/C60H76FN13O6S/c1-39(62-2)57(77)70-53(41-15-9-8-10-16-41)60(79)73-25-14-19-50(73)58-69-49(38-81-58)54(76)42-17-13-18-45(31-42)80-30-12-7-5-3-4-6-11-24-63-52(75)37-71-26-28-72(29-27-71)59(78)43-22-23-47(46(61)32-43)67-55-56-64-35-51(44-33-65-66-34-44)74(56)36-48(68-55)40-20-21-40/h13,17-18,22-23,31-36,38-41,50,53,62H,3-12,14-16,19-21,24-30,37H2,1-2H3,(H,63,75)(H,65,66)(H,67,68)(H,70,77)/t39-,50-,53?/m0/s1. The van der Waals surface area contributed by atoms with E-state index in [2.05, 4.69) is 36.4 Å². The summed E-state index contributed by atoms with van der Waals surface area (Å²) in [5.41, 5.74) is 4.50. The van der Waals surface area contributed by atoms with Gasteiger partial charge >= 0.3 is 0 Å². The zero-order chi connectivity index (χ0) is 56.2. The molecule has 430 valence electrons. The van der Waals surface area contributed by atoms with Crippen molar-refractivity contribution in [2.75, 3.05) is 64.8 Å². The molecular formula is C60H76FN13O6S. The van der Waals surface area contributed by atoms with Crippen LogP contribution in [-0.2, 0) is 14.4 Å². The Bertz CT molecular complexity index is 3130. The number of carbonyl (C=O) groups is 5. The number of ether oxygens (including phenoxy) is 1. The number of aromatic nitrogens is 6. The second-order valence-electron chi connectivity index (χ2n) is 22.2. The number of imidazole rings is 1. The predicted molar refractivity (Wildman–Crippen MR) is 308 cm³/mol. The molecule has 0 bridgehead atoms. The Morgan fingerprint density at radius 1 is 0.852 bits per heavy atom. The topological polar surface area (TPSA) is 224 Å². The zero-order valence-electron chi connectivity index (χ0n) is 46.6. The number of benzene rings is 2. The summed E-state index contributed by atoms with van der Waals surface area (Å²) in [5.74, 6) is 0.263. The van der Waals surface area contributed by atoms with E-state index in [4.69, 9.17) is 14.7 Å². The van der Waals surface area contributed by atoms with Gasteiger partial charge < -0.3 is 35.8 Å². The van der Waals surface area contributed by atoms with Crippen LogP contribution in [-0.4, -0.2) is 145 Å². The van der Waals surface area contributed by atoms with Crippen molar-refractivity contribution in [2.24, 2.45) is 5.92 Å². The summed E-state index contributed by atoms with van der Waals surface area (Å²) in [6.07, 6.45) is 23.2. The van der Waals surface area contributed by atoms with Gasteiger partial charge in [0.15, 0.2) is 11.5 Å². The van der Waals surface area contributed by atoms with Gasteiger partial charge in [-0.25, -0.2) is 19.3 Å². The van der Waals surface area contributed by atoms with E-state index in [-0.39, 0.29) is 59.2 Å². The Labute approximate surface area is 476 Å². The van der Waals surface area contributed by atoms with Gasteiger partial charge in [0, 0.05) is 79.7 Å². The number of fused-ring (bicyclic) bond motifs is 1. The maximum absolute atomic E-state index is 15.7. The van der Waals surface area contributed by atoms with Crippen molar-refractivity contribution >= 4 is 57.9 Å². The SMILES string of the molecule is CN[C@@H](C)C(=O)NC(C(=O)N1CCC[C@H]1c1nc(C(=O)c2cccc(OCCCCCCCCCNC(=O)CN3CCN(C(=O)c4ccc(Nc5nc(C6CC6)cn6c(-c7cn[nH]c7)cnc56)c(F)c4)CC3)c2)cs1)C1CCCCC1. The molecule has 10 rings (SSSR count). The molecule has 4 amide bonds. The molecule has 2 saturated heterocycles. The number of likely N-dealkylation sites (N-methyl/N-ethyl adjacent to an activating group) is 1. The molecule has 4 aliphatic rings. The third-order valence-electron chi connectivity index (χ3n) is 16.4. The molecule has 4 fully saturated rings. The Hall–Kier alpha value is -7.10. The van der Waals surface area contributed by atoms with Crippen LogP contribution >= 0.6 is 11.3 Å². The number of halogens is 1. The lowest BCUT2D eigenvalue weighted by molar-refractivity contribution is -0.139. The monoisotopic (exact) mass is 1130 g/mol. The molecule has 3 atom stereocenters. The smallest absolute Gasteiger partial charge is 0.254 e. The van der Waals surface area contributed by atoms with Gasteiger partial charge in [0.2, 0.25) is 23.5 Å². The first-order valence-corrected chi connectivity index (χ1v) is 30.1. The number of unbranched alkanes of at least 4 members (excludes halogenated alkanes) is 6. The van der Waals surface area contributed by atoms with Crippen LogP contribution in [0.2, 0.25) is 0 Å². The number of nitrogens with one attached hydrogen (secondary N) is 5. The minimum Gasteiger partial charge on any atom is -0.494 e. The first-order chi connectivity index (χ1) is 39.5. The number of likely N-dealkylation sites (tertiary alicyclic amines) is 1. The molecular weight excluding hydrogens is 1050 g/mol. The normalized spacial score (nSPS) is 17.7. The Morgan fingerprint density at radius 2 is 1.64 bits per heavy atom. The molecule has 1 unspecified atom stereocenters. The first kappa shape index (κ1) is 57.1. The summed E-state index contributed by atoms with van der Waals surface area (Å²) in [6.45, 7) is 5.79. The molecule has 2 aromatic carbocycles. The minimum atomic E-state index is -0.578. The van der Waals surface area contributed by atoms with E-state index in [0.717, 1.165) is 125 Å². The third-order valence-corrected chi connectivity index (χ3v) is 17.3. The quantitative estimate of drug-likeness (QED) is 0.0254.